The van der Waals surface area contributed by atoms with Gasteiger partial charge in [0.05, 0.1) is 30.5 Å². The molecule has 9 heteroatoms. The molecule has 0 aromatic carbocycles. The number of hydrogen-bond donors (Lipinski definition) is 3. The second-order valence-electron chi connectivity index (χ2n) is 11.9. The molecule has 11 atom stereocenters. The Morgan fingerprint density at radius 2 is 0.975 bits per heavy atom. The third-order valence-electron chi connectivity index (χ3n) is 9.94. The van der Waals surface area contributed by atoms with Crippen molar-refractivity contribution < 1.29 is 43.7 Å². The van der Waals surface area contributed by atoms with E-state index < -0.39 is 0 Å². The van der Waals surface area contributed by atoms with Crippen LogP contribution in [0.1, 0.15) is 32.1 Å². The van der Waals surface area contributed by atoms with Crippen LogP contribution in [0.3, 0.4) is 0 Å². The molecule has 3 fully saturated rings. The lowest BCUT2D eigenvalue weighted by Crippen LogP contribution is -2.48. The molecule has 0 radical (unpaired) electrons. The van der Waals surface area contributed by atoms with E-state index in [1.807, 2.05) is 0 Å². The number of allylic oxidation sites excluding steroid dienone is 2. The number of hydrogen-bond acceptors (Lipinski definition) is 9. The van der Waals surface area contributed by atoms with Gasteiger partial charge in [-0.15, -0.1) is 0 Å². The van der Waals surface area contributed by atoms with Crippen molar-refractivity contribution in [1.29, 1.82) is 0 Å². The van der Waals surface area contributed by atoms with Crippen LogP contribution in [0.5, 0.6) is 0 Å². The summed E-state index contributed by atoms with van der Waals surface area (Å²) in [5.41, 5.74) is 0. The molecule has 0 bridgehead atoms. The molecule has 3 rings (SSSR count). The maximum absolute atomic E-state index is 10.3. The number of aliphatic hydroxyl groups excluding tert-OH is 3. The Morgan fingerprint density at radius 3 is 1.45 bits per heavy atom. The third-order valence-corrected chi connectivity index (χ3v) is 9.94. The van der Waals surface area contributed by atoms with Crippen LogP contribution in [0.25, 0.3) is 0 Å². The van der Waals surface area contributed by atoms with Crippen molar-refractivity contribution in [3.05, 3.63) is 24.3 Å². The van der Waals surface area contributed by atoms with Crippen LogP contribution in [0, 0.1) is 41.4 Å². The first-order valence-corrected chi connectivity index (χ1v) is 14.8. The molecule has 232 valence electrons. The molecule has 0 aromatic rings. The molecular weight excluding hydrogens is 516 g/mol. The summed E-state index contributed by atoms with van der Waals surface area (Å²) in [6, 6.07) is 0. The van der Waals surface area contributed by atoms with Gasteiger partial charge in [0.2, 0.25) is 0 Å². The van der Waals surface area contributed by atoms with E-state index in [9.17, 15) is 15.3 Å². The lowest BCUT2D eigenvalue weighted by atomic mass is 9.68. The highest BCUT2D eigenvalue weighted by Crippen LogP contribution is 2.42. The molecule has 11 unspecified atom stereocenters. The zero-order chi connectivity index (χ0) is 29.2. The van der Waals surface area contributed by atoms with Gasteiger partial charge in [0.25, 0.3) is 0 Å². The first kappa shape index (κ1) is 33.6. The predicted molar refractivity (Wildman–Crippen MR) is 152 cm³/mol. The van der Waals surface area contributed by atoms with Crippen LogP contribution >= 0.6 is 0 Å². The quantitative estimate of drug-likeness (QED) is 0.287. The highest BCUT2D eigenvalue weighted by atomic mass is 16.6. The monoisotopic (exact) mass is 570 g/mol. The molecule has 0 amide bonds. The number of rotatable bonds is 13. The number of ether oxygens (including phenoxy) is 6. The summed E-state index contributed by atoms with van der Waals surface area (Å²) in [6.45, 7) is 0.0900. The Kier molecular flexibility index (Phi) is 14.0. The van der Waals surface area contributed by atoms with E-state index in [4.69, 9.17) is 28.4 Å². The van der Waals surface area contributed by atoms with Gasteiger partial charge in [0.15, 0.2) is 0 Å². The van der Waals surface area contributed by atoms with Crippen LogP contribution in [0.4, 0.5) is 0 Å². The molecule has 3 aliphatic carbocycles. The minimum absolute atomic E-state index is 0.00265. The van der Waals surface area contributed by atoms with Gasteiger partial charge in [-0.05, 0) is 55.8 Å². The fraction of sp³-hybridized carbons (Fsp3) is 0.871. The van der Waals surface area contributed by atoms with Gasteiger partial charge in [0.1, 0.15) is 6.10 Å². The Hall–Kier alpha value is -0.880. The Bertz CT molecular complexity index is 688. The van der Waals surface area contributed by atoms with Crippen LogP contribution in [0.15, 0.2) is 24.3 Å². The van der Waals surface area contributed by atoms with Crippen LogP contribution in [-0.4, -0.2) is 114 Å². The van der Waals surface area contributed by atoms with Gasteiger partial charge in [-0.3, -0.25) is 0 Å². The summed E-state index contributed by atoms with van der Waals surface area (Å²) in [5.74, 6) is 0.430. The first-order valence-electron chi connectivity index (χ1n) is 14.8. The predicted octanol–water partition coefficient (Wildman–Crippen LogP) is 2.47. The van der Waals surface area contributed by atoms with E-state index in [1.54, 1.807) is 42.7 Å². The van der Waals surface area contributed by atoms with E-state index in [0.29, 0.717) is 0 Å². The standard InChI is InChI=1S/C31H54O9/c1-35-26-12-19(11-21(16-32)25(26)18-34)7-9-23-22(17-33)15-27(36-2)24(30(23)39-5)10-8-20-13-28(37-3)31(40-6)29(14-20)38-4/h7-10,19-34H,11-18H2,1-6H3/b9-7+,10-8+. The molecule has 0 spiro atoms. The smallest absolute Gasteiger partial charge is 0.109 e. The van der Waals surface area contributed by atoms with Gasteiger partial charge < -0.3 is 43.7 Å². The van der Waals surface area contributed by atoms with Gasteiger partial charge >= 0.3 is 0 Å². The Labute approximate surface area is 240 Å². The summed E-state index contributed by atoms with van der Waals surface area (Å²) in [4.78, 5) is 0. The molecule has 9 nitrogen and oxygen atoms in total. The number of methoxy groups -OCH3 is 6. The van der Waals surface area contributed by atoms with E-state index in [1.165, 1.54) is 0 Å². The van der Waals surface area contributed by atoms with E-state index in [2.05, 4.69) is 24.3 Å². The third kappa shape index (κ3) is 7.74. The topological polar surface area (TPSA) is 116 Å². The Balaban J connectivity index is 1.80. The van der Waals surface area contributed by atoms with Crippen molar-refractivity contribution in [2.45, 2.75) is 68.7 Å². The summed E-state index contributed by atoms with van der Waals surface area (Å²) in [7, 11) is 10.3. The van der Waals surface area contributed by atoms with Crippen molar-refractivity contribution >= 4 is 0 Å². The summed E-state index contributed by atoms with van der Waals surface area (Å²) in [5, 5.41) is 30.2. The molecule has 3 aliphatic rings. The highest BCUT2D eigenvalue weighted by Gasteiger charge is 2.44. The molecular formula is C31H54O9. The fourth-order valence-corrected chi connectivity index (χ4v) is 7.65. The SMILES string of the molecule is COC1CC(CO)C(/C=C/C2CC(CO)C(CO)C(OC)C2)C(OC)C1/C=C/C1CC(OC)C(OC)C(OC)C1. The summed E-state index contributed by atoms with van der Waals surface area (Å²) in [6.07, 6.45) is 12.4. The Morgan fingerprint density at radius 1 is 0.475 bits per heavy atom. The average Bonchev–Trinajstić information content (AvgIpc) is 3.00. The minimum atomic E-state index is -0.171. The zero-order valence-electron chi connectivity index (χ0n) is 25.3. The molecule has 3 saturated carbocycles. The average molecular weight is 571 g/mol. The van der Waals surface area contributed by atoms with Gasteiger partial charge in [-0.1, -0.05) is 24.3 Å². The van der Waals surface area contributed by atoms with E-state index >= 15 is 0 Å². The largest absolute Gasteiger partial charge is 0.396 e. The zero-order valence-corrected chi connectivity index (χ0v) is 25.3. The lowest BCUT2D eigenvalue weighted by Gasteiger charge is -2.44. The summed E-state index contributed by atoms with van der Waals surface area (Å²) < 4.78 is 35.0. The van der Waals surface area contributed by atoms with E-state index in [0.717, 1.165) is 32.1 Å². The van der Waals surface area contributed by atoms with Crippen LogP contribution in [0.2, 0.25) is 0 Å². The van der Waals surface area contributed by atoms with Crippen molar-refractivity contribution in [2.24, 2.45) is 41.4 Å². The van der Waals surface area contributed by atoms with Crippen molar-refractivity contribution in [3.63, 3.8) is 0 Å². The minimum Gasteiger partial charge on any atom is -0.396 e. The molecule has 0 aliphatic heterocycles. The molecule has 3 N–H and O–H groups in total. The number of aliphatic hydroxyl groups is 3. The first-order chi connectivity index (χ1) is 19.4. The van der Waals surface area contributed by atoms with Crippen LogP contribution < -0.4 is 0 Å². The van der Waals surface area contributed by atoms with Gasteiger partial charge in [-0.2, -0.15) is 0 Å². The van der Waals surface area contributed by atoms with Crippen molar-refractivity contribution in [3.8, 4) is 0 Å². The lowest BCUT2D eigenvalue weighted by molar-refractivity contribution is -0.136. The molecule has 40 heavy (non-hydrogen) atoms. The van der Waals surface area contributed by atoms with E-state index in [-0.39, 0.29) is 97.9 Å². The maximum Gasteiger partial charge on any atom is 0.109 e. The van der Waals surface area contributed by atoms with Crippen molar-refractivity contribution in [1.82, 2.24) is 0 Å². The second-order valence-corrected chi connectivity index (χ2v) is 11.9. The second kappa shape index (κ2) is 16.7. The normalized spacial score (nSPS) is 43.1. The highest BCUT2D eigenvalue weighted by molar-refractivity contribution is 5.11. The summed E-state index contributed by atoms with van der Waals surface area (Å²) >= 11 is 0. The molecule has 0 heterocycles. The molecule has 0 aromatic heterocycles. The van der Waals surface area contributed by atoms with Crippen molar-refractivity contribution in [2.75, 3.05) is 62.5 Å². The fourth-order valence-electron chi connectivity index (χ4n) is 7.65. The maximum atomic E-state index is 10.3. The van der Waals surface area contributed by atoms with Gasteiger partial charge in [-0.25, -0.2) is 0 Å². The van der Waals surface area contributed by atoms with Gasteiger partial charge in [0, 0.05) is 80.2 Å². The molecule has 0 saturated heterocycles. The van der Waals surface area contributed by atoms with Crippen LogP contribution in [-0.2, 0) is 28.4 Å².